The third kappa shape index (κ3) is 3.35. The number of rotatable bonds is 3. The van der Waals surface area contributed by atoms with E-state index in [1.54, 1.807) is 0 Å². The van der Waals surface area contributed by atoms with Crippen LogP contribution >= 0.6 is 0 Å². The van der Waals surface area contributed by atoms with E-state index < -0.39 is 0 Å². The van der Waals surface area contributed by atoms with Gasteiger partial charge in [0.05, 0.1) is 13.2 Å². The Bertz CT molecular complexity index is 593. The van der Waals surface area contributed by atoms with Gasteiger partial charge >= 0.3 is 0 Å². The monoisotopic (exact) mass is 332 g/mol. The number of ether oxygens (including phenoxy) is 3. The van der Waals surface area contributed by atoms with Crippen molar-refractivity contribution in [2.75, 3.05) is 46.2 Å². The highest BCUT2D eigenvalue weighted by molar-refractivity contribution is 5.79. The van der Waals surface area contributed by atoms with Crippen LogP contribution in [-0.2, 0) is 16.1 Å². The SMILES string of the molecule is O=C(C1CCN(Cc2ccc3c(c2)OCO3)CC1)N1CCOCC1. The molecule has 0 saturated carbocycles. The van der Waals surface area contributed by atoms with Crippen molar-refractivity contribution < 1.29 is 19.0 Å². The number of carbonyl (C=O) groups excluding carboxylic acids is 1. The van der Waals surface area contributed by atoms with Gasteiger partial charge in [-0.2, -0.15) is 0 Å². The van der Waals surface area contributed by atoms with E-state index in [9.17, 15) is 4.79 Å². The number of benzene rings is 1. The maximum atomic E-state index is 12.6. The molecule has 3 aliphatic rings. The highest BCUT2D eigenvalue weighted by Gasteiger charge is 2.29. The van der Waals surface area contributed by atoms with Gasteiger partial charge in [0, 0.05) is 25.6 Å². The van der Waals surface area contributed by atoms with Gasteiger partial charge in [-0.15, -0.1) is 0 Å². The summed E-state index contributed by atoms with van der Waals surface area (Å²) >= 11 is 0. The molecule has 0 atom stereocenters. The molecule has 0 radical (unpaired) electrons. The number of nitrogens with zero attached hydrogens (tertiary/aromatic N) is 2. The first-order valence-electron chi connectivity index (χ1n) is 8.77. The zero-order valence-electron chi connectivity index (χ0n) is 13.9. The van der Waals surface area contributed by atoms with Crippen LogP contribution in [0, 0.1) is 5.92 Å². The molecule has 0 spiro atoms. The Hall–Kier alpha value is -1.79. The first-order valence-corrected chi connectivity index (χ1v) is 8.77. The third-order valence-electron chi connectivity index (χ3n) is 5.10. The fourth-order valence-electron chi connectivity index (χ4n) is 3.68. The van der Waals surface area contributed by atoms with Crippen molar-refractivity contribution in [2.24, 2.45) is 5.92 Å². The maximum Gasteiger partial charge on any atom is 0.231 e. The van der Waals surface area contributed by atoms with E-state index in [0.717, 1.165) is 57.1 Å². The average molecular weight is 332 g/mol. The second kappa shape index (κ2) is 6.99. The van der Waals surface area contributed by atoms with Crippen LogP contribution < -0.4 is 9.47 Å². The van der Waals surface area contributed by atoms with E-state index in [4.69, 9.17) is 14.2 Å². The van der Waals surface area contributed by atoms with Crippen LogP contribution in [0.5, 0.6) is 11.5 Å². The summed E-state index contributed by atoms with van der Waals surface area (Å²) in [7, 11) is 0. The summed E-state index contributed by atoms with van der Waals surface area (Å²) in [4.78, 5) is 17.0. The van der Waals surface area contributed by atoms with Gasteiger partial charge in [-0.25, -0.2) is 0 Å². The van der Waals surface area contributed by atoms with Gasteiger partial charge in [-0.3, -0.25) is 9.69 Å². The van der Waals surface area contributed by atoms with Crippen LogP contribution in [0.3, 0.4) is 0 Å². The minimum Gasteiger partial charge on any atom is -0.454 e. The summed E-state index contributed by atoms with van der Waals surface area (Å²) in [6, 6.07) is 6.14. The van der Waals surface area contributed by atoms with Crippen molar-refractivity contribution in [1.29, 1.82) is 0 Å². The number of hydrogen-bond donors (Lipinski definition) is 0. The number of piperidine rings is 1. The number of morpholine rings is 1. The number of carbonyl (C=O) groups is 1. The van der Waals surface area contributed by atoms with E-state index >= 15 is 0 Å². The molecule has 0 aliphatic carbocycles. The molecule has 130 valence electrons. The summed E-state index contributed by atoms with van der Waals surface area (Å²) in [5.41, 5.74) is 1.23. The molecule has 1 amide bonds. The molecule has 0 unspecified atom stereocenters. The Labute approximate surface area is 142 Å². The maximum absolute atomic E-state index is 12.6. The molecular formula is C18H24N2O4. The predicted molar refractivity (Wildman–Crippen MR) is 88.0 cm³/mol. The Morgan fingerprint density at radius 3 is 2.58 bits per heavy atom. The summed E-state index contributed by atoms with van der Waals surface area (Å²) in [5.74, 6) is 2.16. The van der Waals surface area contributed by atoms with Gasteiger partial charge < -0.3 is 19.1 Å². The van der Waals surface area contributed by atoms with Crippen molar-refractivity contribution in [3.05, 3.63) is 23.8 Å². The zero-order chi connectivity index (χ0) is 16.4. The van der Waals surface area contributed by atoms with Crippen molar-refractivity contribution in [2.45, 2.75) is 19.4 Å². The molecule has 6 nitrogen and oxygen atoms in total. The van der Waals surface area contributed by atoms with Gasteiger partial charge in [0.1, 0.15) is 0 Å². The molecular weight excluding hydrogens is 308 g/mol. The Balaban J connectivity index is 1.29. The summed E-state index contributed by atoms with van der Waals surface area (Å²) < 4.78 is 16.1. The zero-order valence-corrected chi connectivity index (χ0v) is 13.9. The molecule has 4 rings (SSSR count). The molecule has 0 bridgehead atoms. The van der Waals surface area contributed by atoms with Crippen LogP contribution in [0.15, 0.2) is 18.2 Å². The Kier molecular flexibility index (Phi) is 4.58. The van der Waals surface area contributed by atoms with E-state index in [2.05, 4.69) is 17.0 Å². The van der Waals surface area contributed by atoms with Crippen LogP contribution in [0.4, 0.5) is 0 Å². The second-order valence-corrected chi connectivity index (χ2v) is 6.68. The van der Waals surface area contributed by atoms with E-state index in [0.29, 0.717) is 25.9 Å². The fraction of sp³-hybridized carbons (Fsp3) is 0.611. The quantitative estimate of drug-likeness (QED) is 0.839. The van der Waals surface area contributed by atoms with Gasteiger partial charge in [0.25, 0.3) is 0 Å². The smallest absolute Gasteiger partial charge is 0.231 e. The lowest BCUT2D eigenvalue weighted by Crippen LogP contribution is -2.46. The fourth-order valence-corrected chi connectivity index (χ4v) is 3.68. The molecule has 2 saturated heterocycles. The normalized spacial score (nSPS) is 21.9. The summed E-state index contributed by atoms with van der Waals surface area (Å²) in [6.45, 7) is 5.99. The van der Waals surface area contributed by atoms with Gasteiger partial charge in [0.2, 0.25) is 12.7 Å². The molecule has 2 fully saturated rings. The van der Waals surface area contributed by atoms with Crippen molar-refractivity contribution in [1.82, 2.24) is 9.80 Å². The predicted octanol–water partition coefficient (Wildman–Crippen LogP) is 1.49. The number of likely N-dealkylation sites (tertiary alicyclic amines) is 1. The summed E-state index contributed by atoms with van der Waals surface area (Å²) in [6.07, 6.45) is 1.89. The summed E-state index contributed by atoms with van der Waals surface area (Å²) in [5, 5.41) is 0. The number of amides is 1. The molecule has 3 aliphatic heterocycles. The first kappa shape index (κ1) is 15.7. The topological polar surface area (TPSA) is 51.2 Å². The Morgan fingerprint density at radius 2 is 1.79 bits per heavy atom. The molecule has 24 heavy (non-hydrogen) atoms. The van der Waals surface area contributed by atoms with Crippen LogP contribution in [0.1, 0.15) is 18.4 Å². The minimum atomic E-state index is 0.177. The lowest BCUT2D eigenvalue weighted by Gasteiger charge is -2.35. The lowest BCUT2D eigenvalue weighted by atomic mass is 9.94. The van der Waals surface area contributed by atoms with Crippen LogP contribution in [0.25, 0.3) is 0 Å². The van der Waals surface area contributed by atoms with E-state index in [1.165, 1.54) is 5.56 Å². The molecule has 6 heteroatoms. The lowest BCUT2D eigenvalue weighted by molar-refractivity contribution is -0.141. The number of fused-ring (bicyclic) bond motifs is 1. The van der Waals surface area contributed by atoms with Crippen LogP contribution in [-0.4, -0.2) is 61.9 Å². The Morgan fingerprint density at radius 1 is 1.04 bits per heavy atom. The van der Waals surface area contributed by atoms with E-state index in [-0.39, 0.29) is 5.92 Å². The number of hydrogen-bond acceptors (Lipinski definition) is 5. The van der Waals surface area contributed by atoms with Gasteiger partial charge in [0.15, 0.2) is 11.5 Å². The van der Waals surface area contributed by atoms with Crippen molar-refractivity contribution in [3.8, 4) is 11.5 Å². The van der Waals surface area contributed by atoms with Gasteiger partial charge in [-0.1, -0.05) is 6.07 Å². The van der Waals surface area contributed by atoms with Gasteiger partial charge in [-0.05, 0) is 43.6 Å². The van der Waals surface area contributed by atoms with Crippen LogP contribution in [0.2, 0.25) is 0 Å². The minimum absolute atomic E-state index is 0.177. The molecule has 0 aromatic heterocycles. The van der Waals surface area contributed by atoms with E-state index in [1.807, 2.05) is 11.0 Å². The standard InChI is InChI=1S/C18H24N2O4/c21-18(20-7-9-22-10-8-20)15-3-5-19(6-4-15)12-14-1-2-16-17(11-14)24-13-23-16/h1-2,11,15H,3-10,12-13H2. The molecule has 1 aromatic rings. The molecule has 1 aromatic carbocycles. The highest BCUT2D eigenvalue weighted by Crippen LogP contribution is 2.33. The highest BCUT2D eigenvalue weighted by atomic mass is 16.7. The largest absolute Gasteiger partial charge is 0.454 e. The second-order valence-electron chi connectivity index (χ2n) is 6.68. The molecule has 0 N–H and O–H groups in total. The van der Waals surface area contributed by atoms with Crippen molar-refractivity contribution >= 4 is 5.91 Å². The average Bonchev–Trinajstić information content (AvgIpc) is 3.10. The first-order chi connectivity index (χ1) is 11.8. The third-order valence-corrected chi connectivity index (χ3v) is 5.10. The molecule has 3 heterocycles. The van der Waals surface area contributed by atoms with Crippen molar-refractivity contribution in [3.63, 3.8) is 0 Å².